The highest BCUT2D eigenvalue weighted by Gasteiger charge is 2.00. The summed E-state index contributed by atoms with van der Waals surface area (Å²) in [6, 6.07) is 7.40. The Balaban J connectivity index is 2.64. The first-order chi connectivity index (χ1) is 6.74. The van der Waals surface area contributed by atoms with Gasteiger partial charge in [0.05, 0.1) is 0 Å². The minimum Gasteiger partial charge on any atom is -0.594 e. The van der Waals surface area contributed by atoms with E-state index in [1.807, 2.05) is 19.1 Å². The van der Waals surface area contributed by atoms with E-state index in [2.05, 4.69) is 12.0 Å². The van der Waals surface area contributed by atoms with E-state index in [-0.39, 0.29) is 0 Å². The molecule has 0 aliphatic heterocycles. The lowest BCUT2D eigenvalue weighted by Crippen LogP contribution is -1.93. The molecule has 0 radical (unpaired) electrons. The average Bonchev–Trinajstić information content (AvgIpc) is 2.19. The standard InChI is InChI=1S/C11H16N2O/c1-3-4-9-12-13(14)11-7-5-10(2)6-8-11/h5-8H,3-4,9H2,1-2H3. The molecule has 0 saturated heterocycles. The lowest BCUT2D eigenvalue weighted by Gasteiger charge is -1.99. The zero-order chi connectivity index (χ0) is 10.4. The summed E-state index contributed by atoms with van der Waals surface area (Å²) in [6.45, 7) is 4.68. The van der Waals surface area contributed by atoms with Crippen LogP contribution in [0.3, 0.4) is 0 Å². The first-order valence-corrected chi connectivity index (χ1v) is 4.95. The molecule has 3 nitrogen and oxygen atoms in total. The van der Waals surface area contributed by atoms with E-state index in [4.69, 9.17) is 0 Å². The number of aryl methyl sites for hydroxylation is 1. The summed E-state index contributed by atoms with van der Waals surface area (Å²) in [5, 5.41) is 15.3. The molecule has 0 bridgehead atoms. The molecule has 0 aliphatic carbocycles. The Labute approximate surface area is 84.7 Å². The van der Waals surface area contributed by atoms with Crippen LogP contribution in [0.4, 0.5) is 5.69 Å². The van der Waals surface area contributed by atoms with Crippen LogP contribution in [0.25, 0.3) is 0 Å². The van der Waals surface area contributed by atoms with E-state index < -0.39 is 0 Å². The van der Waals surface area contributed by atoms with Crippen LogP contribution >= 0.6 is 0 Å². The fourth-order valence-corrected chi connectivity index (χ4v) is 1.07. The fraction of sp³-hybridized carbons (Fsp3) is 0.455. The van der Waals surface area contributed by atoms with Crippen molar-refractivity contribution in [3.05, 3.63) is 35.0 Å². The van der Waals surface area contributed by atoms with Crippen molar-refractivity contribution in [1.82, 2.24) is 0 Å². The fourth-order valence-electron chi connectivity index (χ4n) is 1.07. The van der Waals surface area contributed by atoms with E-state index in [1.165, 1.54) is 0 Å². The molecule has 0 heterocycles. The Morgan fingerprint density at radius 3 is 2.50 bits per heavy atom. The number of unbranched alkanes of at least 4 members (excludes halogenated alkanes) is 1. The van der Waals surface area contributed by atoms with Crippen LogP contribution in [0.5, 0.6) is 0 Å². The van der Waals surface area contributed by atoms with E-state index in [0.717, 1.165) is 18.4 Å². The normalized spacial score (nSPS) is 11.7. The molecule has 1 aromatic rings. The highest BCUT2D eigenvalue weighted by Crippen LogP contribution is 2.12. The maximum absolute atomic E-state index is 11.4. The number of nitrogens with zero attached hydrogens (tertiary/aromatic N) is 2. The SMILES string of the molecule is CCCCN=[N+]([O-])c1ccc(C)cc1. The second-order valence-electron chi connectivity index (χ2n) is 3.33. The second kappa shape index (κ2) is 5.37. The molecule has 0 atom stereocenters. The number of rotatable bonds is 4. The molecule has 0 spiro atoms. The van der Waals surface area contributed by atoms with Crippen LogP contribution in [0, 0.1) is 12.1 Å². The van der Waals surface area contributed by atoms with Crippen LogP contribution in [0.15, 0.2) is 29.4 Å². The molecule has 0 amide bonds. The van der Waals surface area contributed by atoms with Gasteiger partial charge < -0.3 is 5.21 Å². The third-order valence-electron chi connectivity index (χ3n) is 1.99. The topological polar surface area (TPSA) is 38.4 Å². The lowest BCUT2D eigenvalue weighted by molar-refractivity contribution is -0.442. The van der Waals surface area contributed by atoms with Crippen molar-refractivity contribution in [1.29, 1.82) is 0 Å². The minimum atomic E-state index is 0.603. The molecule has 1 rings (SSSR count). The van der Waals surface area contributed by atoms with Crippen molar-refractivity contribution >= 4 is 5.69 Å². The van der Waals surface area contributed by atoms with Crippen molar-refractivity contribution in [3.8, 4) is 0 Å². The van der Waals surface area contributed by atoms with Gasteiger partial charge in [0.1, 0.15) is 6.54 Å². The summed E-state index contributed by atoms with van der Waals surface area (Å²) in [4.78, 5) is 0.703. The first kappa shape index (κ1) is 10.7. The molecule has 76 valence electrons. The molecule has 0 N–H and O–H groups in total. The van der Waals surface area contributed by atoms with Crippen LogP contribution in [-0.4, -0.2) is 11.4 Å². The van der Waals surface area contributed by atoms with Gasteiger partial charge in [0, 0.05) is 12.1 Å². The van der Waals surface area contributed by atoms with Crippen molar-refractivity contribution in [2.24, 2.45) is 5.11 Å². The zero-order valence-corrected chi connectivity index (χ0v) is 8.73. The molecule has 0 unspecified atom stereocenters. The summed E-state index contributed by atoms with van der Waals surface area (Å²) < 4.78 is 0. The van der Waals surface area contributed by atoms with Crippen molar-refractivity contribution in [3.63, 3.8) is 0 Å². The molecule has 0 aromatic heterocycles. The van der Waals surface area contributed by atoms with Gasteiger partial charge in [0.15, 0.2) is 0 Å². The van der Waals surface area contributed by atoms with Gasteiger partial charge in [-0.25, -0.2) is 0 Å². The minimum absolute atomic E-state index is 0.603. The quantitative estimate of drug-likeness (QED) is 0.312. The van der Waals surface area contributed by atoms with Crippen LogP contribution in [0.1, 0.15) is 25.3 Å². The third-order valence-corrected chi connectivity index (χ3v) is 1.99. The van der Waals surface area contributed by atoms with Gasteiger partial charge in [-0.05, 0) is 18.5 Å². The maximum atomic E-state index is 11.4. The smallest absolute Gasteiger partial charge is 0.244 e. The van der Waals surface area contributed by atoms with Gasteiger partial charge in [-0.15, -0.1) is 0 Å². The van der Waals surface area contributed by atoms with E-state index >= 15 is 0 Å². The van der Waals surface area contributed by atoms with Gasteiger partial charge in [-0.2, -0.15) is 0 Å². The Bertz CT molecular complexity index is 304. The van der Waals surface area contributed by atoms with Crippen molar-refractivity contribution in [2.45, 2.75) is 26.7 Å². The highest BCUT2D eigenvalue weighted by atomic mass is 16.5. The van der Waals surface area contributed by atoms with Crippen LogP contribution in [0.2, 0.25) is 0 Å². The van der Waals surface area contributed by atoms with E-state index in [9.17, 15) is 5.21 Å². The lowest BCUT2D eigenvalue weighted by atomic mass is 10.2. The van der Waals surface area contributed by atoms with Gasteiger partial charge in [0.25, 0.3) is 0 Å². The number of hydrogen-bond acceptors (Lipinski definition) is 2. The first-order valence-electron chi connectivity index (χ1n) is 4.95. The molecule has 3 heteroatoms. The zero-order valence-electron chi connectivity index (χ0n) is 8.73. The van der Waals surface area contributed by atoms with E-state index in [0.29, 0.717) is 17.1 Å². The molecular formula is C11H16N2O. The number of benzene rings is 1. The van der Waals surface area contributed by atoms with Crippen molar-refractivity contribution < 1.29 is 4.86 Å². The molecule has 14 heavy (non-hydrogen) atoms. The summed E-state index contributed by atoms with van der Waals surface area (Å²) >= 11 is 0. The Hall–Kier alpha value is -1.38. The third kappa shape index (κ3) is 3.17. The molecule has 1 aromatic carbocycles. The Kier molecular flexibility index (Phi) is 4.11. The number of azo groups is 1. The predicted molar refractivity (Wildman–Crippen MR) is 56.7 cm³/mol. The Morgan fingerprint density at radius 2 is 1.93 bits per heavy atom. The van der Waals surface area contributed by atoms with Crippen LogP contribution in [-0.2, 0) is 0 Å². The van der Waals surface area contributed by atoms with E-state index in [1.54, 1.807) is 12.1 Å². The average molecular weight is 192 g/mol. The largest absolute Gasteiger partial charge is 0.594 e. The molecule has 0 saturated carbocycles. The predicted octanol–water partition coefficient (Wildman–Crippen LogP) is 3.39. The second-order valence-corrected chi connectivity index (χ2v) is 3.33. The Morgan fingerprint density at radius 1 is 1.29 bits per heavy atom. The molecular weight excluding hydrogens is 176 g/mol. The van der Waals surface area contributed by atoms with Crippen molar-refractivity contribution in [2.75, 3.05) is 6.54 Å². The van der Waals surface area contributed by atoms with Gasteiger partial charge in [-0.3, -0.25) is 0 Å². The highest BCUT2D eigenvalue weighted by molar-refractivity contribution is 5.31. The monoisotopic (exact) mass is 192 g/mol. The molecule has 0 aliphatic rings. The van der Waals surface area contributed by atoms with Crippen LogP contribution < -0.4 is 0 Å². The van der Waals surface area contributed by atoms with Gasteiger partial charge in [-0.1, -0.05) is 35.9 Å². The summed E-state index contributed by atoms with van der Waals surface area (Å²) in [6.07, 6.45) is 2.02. The van der Waals surface area contributed by atoms with Gasteiger partial charge >= 0.3 is 0 Å². The number of hydrogen-bond donors (Lipinski definition) is 0. The summed E-state index contributed by atoms with van der Waals surface area (Å²) in [7, 11) is 0. The van der Waals surface area contributed by atoms with Gasteiger partial charge in [0.2, 0.25) is 5.69 Å². The summed E-state index contributed by atoms with van der Waals surface area (Å²) in [5.74, 6) is 0. The summed E-state index contributed by atoms with van der Waals surface area (Å²) in [5.41, 5.74) is 1.75. The maximum Gasteiger partial charge on any atom is 0.244 e. The molecule has 0 fully saturated rings.